The normalized spacial score (nSPS) is 27.2. The fraction of sp³-hybridized carbons (Fsp3) is 0.533. The van der Waals surface area contributed by atoms with Gasteiger partial charge in [0.15, 0.2) is 0 Å². The van der Waals surface area contributed by atoms with E-state index in [4.69, 9.17) is 11.6 Å². The van der Waals surface area contributed by atoms with Crippen LogP contribution in [0.1, 0.15) is 31.7 Å². The molecule has 1 fully saturated rings. The maximum absolute atomic E-state index is 11.3. The van der Waals surface area contributed by atoms with E-state index in [0.29, 0.717) is 5.92 Å². The number of hydrogen-bond donors (Lipinski definition) is 1. The lowest BCUT2D eigenvalue weighted by Gasteiger charge is -2.31. The van der Waals surface area contributed by atoms with Crippen molar-refractivity contribution in [3.05, 3.63) is 34.9 Å². The second kappa shape index (κ2) is 6.67. The highest BCUT2D eigenvalue weighted by molar-refractivity contribution is 7.99. The standard InChI is InChI=1S/C15H19ClO2S/c1-10-2-7-13(15(17)18)14(8-10)19-9-11-3-5-12(16)6-4-11/h3-6,10,13-14H,2,7-9H2,1H3,(H,17,18). The Morgan fingerprint density at radius 1 is 1.37 bits per heavy atom. The van der Waals surface area contributed by atoms with Crippen molar-refractivity contribution in [2.24, 2.45) is 11.8 Å². The second-order valence-corrected chi connectivity index (χ2v) is 7.00. The molecule has 1 aliphatic rings. The van der Waals surface area contributed by atoms with Crippen LogP contribution in [0.4, 0.5) is 0 Å². The van der Waals surface area contributed by atoms with Crippen LogP contribution in [-0.4, -0.2) is 16.3 Å². The zero-order valence-electron chi connectivity index (χ0n) is 11.0. The van der Waals surface area contributed by atoms with Gasteiger partial charge < -0.3 is 5.11 Å². The van der Waals surface area contributed by atoms with Crippen molar-refractivity contribution in [1.82, 2.24) is 0 Å². The molecule has 0 aliphatic heterocycles. The third kappa shape index (κ3) is 4.15. The number of benzene rings is 1. The average molecular weight is 299 g/mol. The molecule has 0 bridgehead atoms. The quantitative estimate of drug-likeness (QED) is 0.891. The molecule has 1 aromatic carbocycles. The second-order valence-electron chi connectivity index (χ2n) is 5.34. The zero-order chi connectivity index (χ0) is 13.8. The van der Waals surface area contributed by atoms with Crippen LogP contribution in [0.3, 0.4) is 0 Å². The number of rotatable bonds is 4. The summed E-state index contributed by atoms with van der Waals surface area (Å²) >= 11 is 7.63. The number of carboxylic acids is 1. The summed E-state index contributed by atoms with van der Waals surface area (Å²) in [6.07, 6.45) is 2.86. The monoisotopic (exact) mass is 298 g/mol. The molecular weight excluding hydrogens is 280 g/mol. The summed E-state index contributed by atoms with van der Waals surface area (Å²) in [7, 11) is 0. The number of hydrogen-bond acceptors (Lipinski definition) is 2. The van der Waals surface area contributed by atoms with E-state index in [0.717, 1.165) is 30.0 Å². The van der Waals surface area contributed by atoms with E-state index in [1.807, 2.05) is 24.3 Å². The molecule has 2 rings (SSSR count). The van der Waals surface area contributed by atoms with Crippen molar-refractivity contribution < 1.29 is 9.90 Å². The van der Waals surface area contributed by atoms with Crippen LogP contribution in [0.5, 0.6) is 0 Å². The summed E-state index contributed by atoms with van der Waals surface area (Å²) in [4.78, 5) is 11.3. The van der Waals surface area contributed by atoms with Crippen molar-refractivity contribution >= 4 is 29.3 Å². The minimum Gasteiger partial charge on any atom is -0.481 e. The molecule has 0 saturated heterocycles. The van der Waals surface area contributed by atoms with Gasteiger partial charge in [0.2, 0.25) is 0 Å². The van der Waals surface area contributed by atoms with E-state index >= 15 is 0 Å². The van der Waals surface area contributed by atoms with Crippen LogP contribution in [0, 0.1) is 11.8 Å². The molecule has 104 valence electrons. The van der Waals surface area contributed by atoms with Gasteiger partial charge >= 0.3 is 5.97 Å². The lowest BCUT2D eigenvalue weighted by molar-refractivity contribution is -0.142. The first kappa shape index (κ1) is 14.7. The van der Waals surface area contributed by atoms with Crippen LogP contribution in [-0.2, 0) is 10.5 Å². The van der Waals surface area contributed by atoms with Crippen molar-refractivity contribution in [2.45, 2.75) is 37.2 Å². The summed E-state index contributed by atoms with van der Waals surface area (Å²) < 4.78 is 0. The van der Waals surface area contributed by atoms with Crippen LogP contribution in [0.15, 0.2) is 24.3 Å². The summed E-state index contributed by atoms with van der Waals surface area (Å²) in [5.74, 6) is 0.672. The molecule has 3 atom stereocenters. The van der Waals surface area contributed by atoms with E-state index in [2.05, 4.69) is 6.92 Å². The third-order valence-electron chi connectivity index (χ3n) is 3.75. The molecule has 0 amide bonds. The summed E-state index contributed by atoms with van der Waals surface area (Å²) in [5, 5.41) is 10.3. The molecule has 0 radical (unpaired) electrons. The number of halogens is 1. The molecule has 0 spiro atoms. The van der Waals surface area contributed by atoms with Gasteiger partial charge in [-0.15, -0.1) is 0 Å². The Labute approximate surface area is 123 Å². The van der Waals surface area contributed by atoms with Gasteiger partial charge in [0, 0.05) is 16.0 Å². The van der Waals surface area contributed by atoms with Gasteiger partial charge in [-0.2, -0.15) is 11.8 Å². The Hall–Kier alpha value is -0.670. The minimum absolute atomic E-state index is 0.187. The molecule has 1 aliphatic carbocycles. The van der Waals surface area contributed by atoms with Gasteiger partial charge in [-0.3, -0.25) is 4.79 Å². The number of thioether (sulfide) groups is 1. The van der Waals surface area contributed by atoms with E-state index in [1.165, 1.54) is 5.56 Å². The lowest BCUT2D eigenvalue weighted by atomic mass is 9.82. The molecule has 1 N–H and O–H groups in total. The fourth-order valence-electron chi connectivity index (χ4n) is 2.58. The molecule has 0 aromatic heterocycles. The van der Waals surface area contributed by atoms with Crippen molar-refractivity contribution in [3.8, 4) is 0 Å². The van der Waals surface area contributed by atoms with Crippen LogP contribution < -0.4 is 0 Å². The van der Waals surface area contributed by atoms with E-state index in [9.17, 15) is 9.90 Å². The zero-order valence-corrected chi connectivity index (χ0v) is 12.6. The molecule has 0 heterocycles. The molecule has 1 aromatic rings. The molecule has 2 nitrogen and oxygen atoms in total. The summed E-state index contributed by atoms with van der Waals surface area (Å²) in [6, 6.07) is 7.79. The lowest BCUT2D eigenvalue weighted by Crippen LogP contribution is -2.32. The van der Waals surface area contributed by atoms with Crippen molar-refractivity contribution in [3.63, 3.8) is 0 Å². The first-order valence-corrected chi connectivity index (χ1v) is 8.08. The molecule has 19 heavy (non-hydrogen) atoms. The number of carbonyl (C=O) groups is 1. The first-order valence-electron chi connectivity index (χ1n) is 6.65. The maximum atomic E-state index is 11.3. The van der Waals surface area contributed by atoms with Crippen LogP contribution >= 0.6 is 23.4 Å². The Morgan fingerprint density at radius 3 is 2.68 bits per heavy atom. The van der Waals surface area contributed by atoms with Crippen molar-refractivity contribution in [2.75, 3.05) is 0 Å². The highest BCUT2D eigenvalue weighted by Gasteiger charge is 2.33. The van der Waals surface area contributed by atoms with E-state index < -0.39 is 5.97 Å². The Bertz CT molecular complexity index is 432. The summed E-state index contributed by atoms with van der Waals surface area (Å²) in [6.45, 7) is 2.22. The van der Waals surface area contributed by atoms with Gasteiger partial charge in [0.25, 0.3) is 0 Å². The van der Waals surface area contributed by atoms with Gasteiger partial charge in [-0.05, 0) is 42.9 Å². The minimum atomic E-state index is -0.638. The molecular formula is C15H19ClO2S. The van der Waals surface area contributed by atoms with Crippen molar-refractivity contribution in [1.29, 1.82) is 0 Å². The highest BCUT2D eigenvalue weighted by Crippen LogP contribution is 2.38. The predicted molar refractivity (Wildman–Crippen MR) is 80.7 cm³/mol. The van der Waals surface area contributed by atoms with Crippen LogP contribution in [0.25, 0.3) is 0 Å². The molecule has 1 saturated carbocycles. The molecule has 4 heteroatoms. The third-order valence-corrected chi connectivity index (χ3v) is 5.45. The Kier molecular flexibility index (Phi) is 5.17. The van der Waals surface area contributed by atoms with E-state index in [-0.39, 0.29) is 11.2 Å². The topological polar surface area (TPSA) is 37.3 Å². The van der Waals surface area contributed by atoms with Gasteiger partial charge in [0.05, 0.1) is 5.92 Å². The number of carboxylic acid groups (broad SMARTS) is 1. The fourth-order valence-corrected chi connectivity index (χ4v) is 4.25. The van der Waals surface area contributed by atoms with Gasteiger partial charge in [0.1, 0.15) is 0 Å². The van der Waals surface area contributed by atoms with Gasteiger partial charge in [-0.25, -0.2) is 0 Å². The Balaban J connectivity index is 1.95. The van der Waals surface area contributed by atoms with E-state index in [1.54, 1.807) is 11.8 Å². The molecule has 3 unspecified atom stereocenters. The summed E-state index contributed by atoms with van der Waals surface area (Å²) in [5.41, 5.74) is 1.21. The van der Waals surface area contributed by atoms with Crippen LogP contribution in [0.2, 0.25) is 5.02 Å². The Morgan fingerprint density at radius 2 is 2.05 bits per heavy atom. The SMILES string of the molecule is CC1CCC(C(=O)O)C(SCc2ccc(Cl)cc2)C1. The predicted octanol–water partition coefficient (Wildman–Crippen LogP) is 4.46. The highest BCUT2D eigenvalue weighted by atomic mass is 35.5. The first-order chi connectivity index (χ1) is 9.06. The smallest absolute Gasteiger partial charge is 0.307 e. The van der Waals surface area contributed by atoms with Gasteiger partial charge in [-0.1, -0.05) is 30.7 Å². The number of aliphatic carboxylic acids is 1. The average Bonchev–Trinajstić information content (AvgIpc) is 2.38. The largest absolute Gasteiger partial charge is 0.481 e. The maximum Gasteiger partial charge on any atom is 0.307 e.